The summed E-state index contributed by atoms with van der Waals surface area (Å²) in [6.07, 6.45) is 0. The Kier molecular flexibility index (Phi) is 6.56. The van der Waals surface area contributed by atoms with Gasteiger partial charge in [0.05, 0.1) is 0 Å². The third kappa shape index (κ3) is 5.73. The van der Waals surface area contributed by atoms with Gasteiger partial charge in [-0.3, -0.25) is 4.79 Å². The van der Waals surface area contributed by atoms with Crippen molar-refractivity contribution < 1.29 is 4.79 Å². The Bertz CT molecular complexity index is 442. The molecule has 20 heavy (non-hydrogen) atoms. The van der Waals surface area contributed by atoms with Gasteiger partial charge in [-0.05, 0) is 26.3 Å². The van der Waals surface area contributed by atoms with E-state index in [2.05, 4.69) is 10.3 Å². The predicted molar refractivity (Wildman–Crippen MR) is 82.3 cm³/mol. The number of hydrogen-bond acceptors (Lipinski definition) is 2. The Labute approximate surface area is 120 Å². The molecule has 0 bridgehead atoms. The lowest BCUT2D eigenvalue weighted by Crippen LogP contribution is -2.38. The molecule has 1 aromatic carbocycles. The minimum Gasteiger partial charge on any atom is -0.370 e. The SMILES string of the molecule is CCN(Cc1ccccc1)C(=O)CN=C(N)NC(C)C. The first-order valence-electron chi connectivity index (χ1n) is 6.91. The minimum absolute atomic E-state index is 0.0233. The summed E-state index contributed by atoms with van der Waals surface area (Å²) in [5.41, 5.74) is 6.80. The predicted octanol–water partition coefficient (Wildman–Crippen LogP) is 1.35. The molecule has 1 rings (SSSR count). The topological polar surface area (TPSA) is 70.7 Å². The third-order valence-corrected chi connectivity index (χ3v) is 2.77. The van der Waals surface area contributed by atoms with Crippen LogP contribution in [0.3, 0.4) is 0 Å². The second kappa shape index (κ2) is 8.19. The van der Waals surface area contributed by atoms with E-state index in [-0.39, 0.29) is 18.5 Å². The highest BCUT2D eigenvalue weighted by Gasteiger charge is 2.11. The summed E-state index contributed by atoms with van der Waals surface area (Å²) < 4.78 is 0. The zero-order valence-electron chi connectivity index (χ0n) is 12.5. The average Bonchev–Trinajstić information content (AvgIpc) is 2.42. The van der Waals surface area contributed by atoms with Crippen LogP contribution in [0.1, 0.15) is 26.3 Å². The third-order valence-electron chi connectivity index (χ3n) is 2.77. The van der Waals surface area contributed by atoms with Crippen LogP contribution in [-0.4, -0.2) is 35.9 Å². The van der Waals surface area contributed by atoms with E-state index < -0.39 is 0 Å². The standard InChI is InChI=1S/C15H24N4O/c1-4-19(11-13-8-6-5-7-9-13)14(20)10-17-15(16)18-12(2)3/h5-9,12H,4,10-11H2,1-3H3,(H3,16,17,18). The maximum Gasteiger partial charge on any atom is 0.244 e. The fourth-order valence-corrected chi connectivity index (χ4v) is 1.77. The van der Waals surface area contributed by atoms with Gasteiger partial charge in [0.2, 0.25) is 5.91 Å². The second-order valence-corrected chi connectivity index (χ2v) is 4.89. The van der Waals surface area contributed by atoms with Gasteiger partial charge in [0.1, 0.15) is 6.54 Å². The molecule has 0 radical (unpaired) electrons. The van der Waals surface area contributed by atoms with Crippen LogP contribution in [0, 0.1) is 0 Å². The summed E-state index contributed by atoms with van der Waals surface area (Å²) in [7, 11) is 0. The molecule has 1 amide bonds. The van der Waals surface area contributed by atoms with E-state index in [9.17, 15) is 4.79 Å². The first-order chi connectivity index (χ1) is 9.52. The monoisotopic (exact) mass is 276 g/mol. The van der Waals surface area contributed by atoms with E-state index in [4.69, 9.17) is 5.73 Å². The fourth-order valence-electron chi connectivity index (χ4n) is 1.77. The molecule has 0 aliphatic carbocycles. The van der Waals surface area contributed by atoms with E-state index in [1.54, 1.807) is 4.90 Å². The van der Waals surface area contributed by atoms with Crippen molar-refractivity contribution in [3.63, 3.8) is 0 Å². The number of guanidine groups is 1. The summed E-state index contributed by atoms with van der Waals surface area (Å²) in [4.78, 5) is 17.9. The van der Waals surface area contributed by atoms with E-state index in [0.717, 1.165) is 5.56 Å². The van der Waals surface area contributed by atoms with Gasteiger partial charge in [-0.25, -0.2) is 4.99 Å². The van der Waals surface area contributed by atoms with Crippen LogP contribution in [0.4, 0.5) is 0 Å². The number of nitrogens with two attached hydrogens (primary N) is 1. The van der Waals surface area contributed by atoms with Crippen LogP contribution in [0.5, 0.6) is 0 Å². The number of hydrogen-bond donors (Lipinski definition) is 2. The van der Waals surface area contributed by atoms with E-state index >= 15 is 0 Å². The van der Waals surface area contributed by atoms with Crippen molar-refractivity contribution >= 4 is 11.9 Å². The molecule has 0 heterocycles. The Hall–Kier alpha value is -2.04. The van der Waals surface area contributed by atoms with Crippen LogP contribution >= 0.6 is 0 Å². The number of carbonyl (C=O) groups is 1. The first-order valence-corrected chi connectivity index (χ1v) is 6.91. The molecule has 5 heteroatoms. The van der Waals surface area contributed by atoms with Gasteiger partial charge in [-0.2, -0.15) is 0 Å². The van der Waals surface area contributed by atoms with Crippen molar-refractivity contribution in [2.45, 2.75) is 33.4 Å². The Morgan fingerprint density at radius 2 is 2.00 bits per heavy atom. The van der Waals surface area contributed by atoms with E-state index in [1.807, 2.05) is 51.1 Å². The van der Waals surface area contributed by atoms with Gasteiger partial charge in [0.15, 0.2) is 5.96 Å². The highest BCUT2D eigenvalue weighted by atomic mass is 16.2. The van der Waals surface area contributed by atoms with Crippen LogP contribution in [0.25, 0.3) is 0 Å². The molecule has 3 N–H and O–H groups in total. The molecule has 0 spiro atoms. The van der Waals surface area contributed by atoms with Gasteiger partial charge in [0.25, 0.3) is 0 Å². The van der Waals surface area contributed by atoms with Crippen molar-refractivity contribution in [3.05, 3.63) is 35.9 Å². The number of amides is 1. The molecule has 0 aliphatic heterocycles. The highest BCUT2D eigenvalue weighted by Crippen LogP contribution is 2.04. The van der Waals surface area contributed by atoms with Crippen LogP contribution in [0.2, 0.25) is 0 Å². The molecule has 0 aromatic heterocycles. The Balaban J connectivity index is 2.55. The van der Waals surface area contributed by atoms with E-state index in [0.29, 0.717) is 19.0 Å². The smallest absolute Gasteiger partial charge is 0.244 e. The summed E-state index contributed by atoms with van der Waals surface area (Å²) >= 11 is 0. The van der Waals surface area contributed by atoms with Crippen molar-refractivity contribution in [3.8, 4) is 0 Å². The first kappa shape index (κ1) is 16.0. The summed E-state index contributed by atoms with van der Waals surface area (Å²) in [6, 6.07) is 10.1. The molecule has 0 unspecified atom stereocenters. The summed E-state index contributed by atoms with van der Waals surface area (Å²) in [5.74, 6) is 0.286. The largest absolute Gasteiger partial charge is 0.370 e. The molecular formula is C15H24N4O. The molecule has 0 fully saturated rings. The zero-order valence-corrected chi connectivity index (χ0v) is 12.5. The van der Waals surface area contributed by atoms with Crippen molar-refractivity contribution in [2.24, 2.45) is 10.7 Å². The lowest BCUT2D eigenvalue weighted by atomic mass is 10.2. The minimum atomic E-state index is -0.0233. The van der Waals surface area contributed by atoms with Gasteiger partial charge in [-0.15, -0.1) is 0 Å². The summed E-state index contributed by atoms with van der Waals surface area (Å²) in [5, 5.41) is 2.96. The van der Waals surface area contributed by atoms with Crippen molar-refractivity contribution in [2.75, 3.05) is 13.1 Å². The number of carbonyl (C=O) groups excluding carboxylic acids is 1. The molecule has 0 atom stereocenters. The molecule has 110 valence electrons. The quantitative estimate of drug-likeness (QED) is 0.608. The number of likely N-dealkylation sites (N-methyl/N-ethyl adjacent to an activating group) is 1. The number of nitrogens with zero attached hydrogens (tertiary/aromatic N) is 2. The normalized spacial score (nSPS) is 11.5. The Morgan fingerprint density at radius 3 is 2.55 bits per heavy atom. The van der Waals surface area contributed by atoms with Gasteiger partial charge in [-0.1, -0.05) is 30.3 Å². The molecule has 0 saturated heterocycles. The highest BCUT2D eigenvalue weighted by molar-refractivity contribution is 5.84. The van der Waals surface area contributed by atoms with E-state index in [1.165, 1.54) is 0 Å². The van der Waals surface area contributed by atoms with Crippen molar-refractivity contribution in [1.29, 1.82) is 0 Å². The van der Waals surface area contributed by atoms with Crippen LogP contribution < -0.4 is 11.1 Å². The zero-order chi connectivity index (χ0) is 15.0. The number of benzene rings is 1. The lowest BCUT2D eigenvalue weighted by molar-refractivity contribution is -0.130. The summed E-state index contributed by atoms with van der Waals surface area (Å²) in [6.45, 7) is 7.23. The van der Waals surface area contributed by atoms with Gasteiger partial charge < -0.3 is 16.0 Å². The van der Waals surface area contributed by atoms with Crippen LogP contribution in [-0.2, 0) is 11.3 Å². The lowest BCUT2D eigenvalue weighted by Gasteiger charge is -2.20. The van der Waals surface area contributed by atoms with Gasteiger partial charge in [0, 0.05) is 19.1 Å². The number of nitrogens with one attached hydrogen (secondary N) is 1. The van der Waals surface area contributed by atoms with Crippen LogP contribution in [0.15, 0.2) is 35.3 Å². The van der Waals surface area contributed by atoms with Gasteiger partial charge >= 0.3 is 0 Å². The average molecular weight is 276 g/mol. The molecule has 1 aromatic rings. The molecule has 0 aliphatic rings. The second-order valence-electron chi connectivity index (χ2n) is 4.89. The molecule has 0 saturated carbocycles. The molecule has 5 nitrogen and oxygen atoms in total. The fraction of sp³-hybridized carbons (Fsp3) is 0.467. The maximum absolute atomic E-state index is 12.1. The maximum atomic E-state index is 12.1. The number of rotatable bonds is 6. The van der Waals surface area contributed by atoms with Crippen molar-refractivity contribution in [1.82, 2.24) is 10.2 Å². The Morgan fingerprint density at radius 1 is 1.35 bits per heavy atom. The molecular weight excluding hydrogens is 252 g/mol. The number of aliphatic imine (C=N–C) groups is 1.